The summed E-state index contributed by atoms with van der Waals surface area (Å²) in [5, 5.41) is 17.1. The molecule has 1 aliphatic heterocycles. The molecular weight excluding hydrogens is 480 g/mol. The lowest BCUT2D eigenvalue weighted by Gasteiger charge is -2.29. The Morgan fingerprint density at radius 2 is 1.77 bits per heavy atom. The van der Waals surface area contributed by atoms with Crippen molar-refractivity contribution in [1.82, 2.24) is 9.13 Å². The number of nitrogens with one attached hydrogen (secondary N) is 1. The number of rotatable bonds is 9. The molecule has 35 heavy (non-hydrogen) atoms. The third kappa shape index (κ3) is 5.32. The summed E-state index contributed by atoms with van der Waals surface area (Å²) < 4.78 is 7.01. The normalized spacial score (nSPS) is 14.3. The highest BCUT2D eigenvalue weighted by Gasteiger charge is 2.41. The first kappa shape index (κ1) is 27.4. The number of aliphatic carboxylic acids is 1. The fraction of sp³-hybridized carbons (Fsp3) is 0.409. The maximum absolute atomic E-state index is 13.4. The number of carboxylic acids is 1. The van der Waals surface area contributed by atoms with Gasteiger partial charge in [0.05, 0.1) is 7.11 Å². The standard InChI is InChI=1S/C22H28N6O6.ClH/c1-25-19(14-9-7-13(8-10-14)18(23)24)28(12-15(29)30)17-20(25)26(2)22(33)27(21(17)32)11-5-4-6-16(31)34-3;/h7-10,19H,4-6,11-12H2,1-3H3,(H3,23,24)(H,29,30);1H. The van der Waals surface area contributed by atoms with Crippen LogP contribution in [0.15, 0.2) is 33.9 Å². The Hall–Kier alpha value is -3.80. The molecule has 1 aromatic heterocycles. The smallest absolute Gasteiger partial charge is 0.332 e. The molecule has 0 aliphatic carbocycles. The van der Waals surface area contributed by atoms with Crippen LogP contribution >= 0.6 is 12.4 Å². The van der Waals surface area contributed by atoms with E-state index in [-0.39, 0.29) is 42.9 Å². The van der Waals surface area contributed by atoms with Gasteiger partial charge in [-0.2, -0.15) is 0 Å². The van der Waals surface area contributed by atoms with Gasteiger partial charge in [0.2, 0.25) is 0 Å². The topological polar surface area (TPSA) is 164 Å². The fourth-order valence-corrected chi connectivity index (χ4v) is 4.23. The van der Waals surface area contributed by atoms with Gasteiger partial charge in [0.1, 0.15) is 30.1 Å². The minimum Gasteiger partial charge on any atom is -0.480 e. The van der Waals surface area contributed by atoms with E-state index in [0.29, 0.717) is 29.8 Å². The number of carboxylic acid groups (broad SMARTS) is 1. The summed E-state index contributed by atoms with van der Waals surface area (Å²) in [6, 6.07) is 6.71. The second kappa shape index (κ2) is 11.1. The maximum Gasteiger partial charge on any atom is 0.332 e. The van der Waals surface area contributed by atoms with Gasteiger partial charge in [0.25, 0.3) is 5.56 Å². The van der Waals surface area contributed by atoms with Gasteiger partial charge >= 0.3 is 17.6 Å². The van der Waals surface area contributed by atoms with Gasteiger partial charge in [-0.15, -0.1) is 12.4 Å². The number of hydrogen-bond donors (Lipinski definition) is 3. The lowest BCUT2D eigenvalue weighted by atomic mass is 10.1. The number of methoxy groups -OCH3 is 1. The Labute approximate surface area is 207 Å². The minimum absolute atomic E-state index is 0. The van der Waals surface area contributed by atoms with Gasteiger partial charge in [-0.3, -0.25) is 28.9 Å². The number of amidine groups is 1. The van der Waals surface area contributed by atoms with Gasteiger partial charge < -0.3 is 25.4 Å². The molecule has 1 atom stereocenters. The number of halogens is 1. The van der Waals surface area contributed by atoms with Crippen LogP contribution in [0.5, 0.6) is 0 Å². The van der Waals surface area contributed by atoms with Crippen LogP contribution in [0.2, 0.25) is 0 Å². The Bertz CT molecular complexity index is 1240. The molecule has 4 N–H and O–H groups in total. The van der Waals surface area contributed by atoms with Crippen molar-refractivity contribution in [3.63, 3.8) is 0 Å². The van der Waals surface area contributed by atoms with E-state index in [0.717, 1.165) is 4.57 Å². The first-order valence-electron chi connectivity index (χ1n) is 10.6. The van der Waals surface area contributed by atoms with Crippen LogP contribution in [0.3, 0.4) is 0 Å². The zero-order valence-electron chi connectivity index (χ0n) is 19.7. The van der Waals surface area contributed by atoms with E-state index in [1.807, 2.05) is 0 Å². The molecule has 0 amide bonds. The van der Waals surface area contributed by atoms with E-state index in [2.05, 4.69) is 4.74 Å². The van der Waals surface area contributed by atoms with E-state index in [1.165, 1.54) is 23.6 Å². The van der Waals surface area contributed by atoms with Crippen LogP contribution < -0.4 is 26.8 Å². The van der Waals surface area contributed by atoms with Crippen LogP contribution in [-0.4, -0.2) is 52.7 Å². The summed E-state index contributed by atoms with van der Waals surface area (Å²) in [5.41, 5.74) is 5.70. The van der Waals surface area contributed by atoms with E-state index in [1.54, 1.807) is 36.2 Å². The second-order valence-corrected chi connectivity index (χ2v) is 8.05. The molecular formula is C22H29ClN6O6. The monoisotopic (exact) mass is 508 g/mol. The maximum atomic E-state index is 13.4. The van der Waals surface area contributed by atoms with Crippen LogP contribution in [0, 0.1) is 5.41 Å². The number of aromatic nitrogens is 2. The average molecular weight is 509 g/mol. The Morgan fingerprint density at radius 1 is 1.14 bits per heavy atom. The summed E-state index contributed by atoms with van der Waals surface area (Å²) in [4.78, 5) is 52.6. The molecule has 0 bridgehead atoms. The average Bonchev–Trinajstić information content (AvgIpc) is 3.08. The second-order valence-electron chi connectivity index (χ2n) is 8.05. The molecule has 12 nitrogen and oxygen atoms in total. The van der Waals surface area contributed by atoms with Crippen LogP contribution in [-0.2, 0) is 27.9 Å². The van der Waals surface area contributed by atoms with E-state index in [9.17, 15) is 24.3 Å². The van der Waals surface area contributed by atoms with Gasteiger partial charge in [0.15, 0.2) is 0 Å². The summed E-state index contributed by atoms with van der Waals surface area (Å²) in [7, 11) is 4.51. The highest BCUT2D eigenvalue weighted by atomic mass is 35.5. The number of nitrogen functional groups attached to an aromatic ring is 1. The molecule has 1 aliphatic rings. The molecule has 2 aromatic rings. The van der Waals surface area contributed by atoms with Crippen molar-refractivity contribution in [3.05, 3.63) is 56.2 Å². The van der Waals surface area contributed by atoms with Gasteiger partial charge in [-0.05, 0) is 18.4 Å². The summed E-state index contributed by atoms with van der Waals surface area (Å²) in [5.74, 6) is -1.30. The fourth-order valence-electron chi connectivity index (χ4n) is 4.23. The lowest BCUT2D eigenvalue weighted by Crippen LogP contribution is -2.42. The zero-order chi connectivity index (χ0) is 25.2. The zero-order valence-corrected chi connectivity index (χ0v) is 20.5. The molecule has 2 heterocycles. The molecule has 1 aromatic carbocycles. The number of nitrogens with two attached hydrogens (primary N) is 1. The molecule has 3 rings (SSSR count). The van der Waals surface area contributed by atoms with Gasteiger partial charge in [-0.25, -0.2) is 4.79 Å². The quantitative estimate of drug-likeness (QED) is 0.191. The predicted octanol–water partition coefficient (Wildman–Crippen LogP) is 0.636. The highest BCUT2D eigenvalue weighted by molar-refractivity contribution is 5.95. The number of nitrogens with zero attached hydrogens (tertiary/aromatic N) is 4. The van der Waals surface area contributed by atoms with Crippen LogP contribution in [0.25, 0.3) is 0 Å². The molecule has 1 unspecified atom stereocenters. The van der Waals surface area contributed by atoms with Crippen molar-refractivity contribution < 1.29 is 19.4 Å². The van der Waals surface area contributed by atoms with Gasteiger partial charge in [-0.1, -0.05) is 24.3 Å². The Morgan fingerprint density at radius 3 is 2.31 bits per heavy atom. The number of unbranched alkanes of at least 4 members (excludes halogenated alkanes) is 1. The molecule has 0 saturated carbocycles. The molecule has 0 fully saturated rings. The number of carbonyl (C=O) groups excluding carboxylic acids is 1. The number of esters is 1. The number of benzene rings is 1. The lowest BCUT2D eigenvalue weighted by molar-refractivity contribution is -0.140. The number of carbonyl (C=O) groups is 2. The molecule has 13 heteroatoms. The van der Waals surface area contributed by atoms with Crippen molar-refractivity contribution in [3.8, 4) is 0 Å². The molecule has 190 valence electrons. The van der Waals surface area contributed by atoms with E-state index >= 15 is 0 Å². The number of anilines is 2. The summed E-state index contributed by atoms with van der Waals surface area (Å²) in [6.07, 6.45) is 0.334. The van der Waals surface area contributed by atoms with Crippen molar-refractivity contribution in [1.29, 1.82) is 5.41 Å². The SMILES string of the molecule is COC(=O)CCCCn1c(=O)c2c(n(C)c1=O)N(C)C(c1ccc(C(=N)N)cc1)N2CC(=O)O.Cl. The minimum atomic E-state index is -1.13. The Kier molecular flexibility index (Phi) is 8.69. The summed E-state index contributed by atoms with van der Waals surface area (Å²) in [6.45, 7) is -0.384. The third-order valence-corrected chi connectivity index (χ3v) is 5.84. The number of fused-ring (bicyclic) bond motifs is 1. The highest BCUT2D eigenvalue weighted by Crippen LogP contribution is 2.42. The van der Waals surface area contributed by atoms with E-state index < -0.39 is 29.9 Å². The van der Waals surface area contributed by atoms with Crippen LogP contribution in [0.1, 0.15) is 36.6 Å². The van der Waals surface area contributed by atoms with E-state index in [4.69, 9.17) is 11.1 Å². The summed E-state index contributed by atoms with van der Waals surface area (Å²) >= 11 is 0. The van der Waals surface area contributed by atoms with Crippen molar-refractivity contribution in [2.45, 2.75) is 32.0 Å². The predicted molar refractivity (Wildman–Crippen MR) is 133 cm³/mol. The van der Waals surface area contributed by atoms with Crippen molar-refractivity contribution >= 4 is 41.7 Å². The molecule has 0 saturated heterocycles. The Balaban J connectivity index is 0.00000432. The third-order valence-electron chi connectivity index (χ3n) is 5.84. The first-order valence-corrected chi connectivity index (χ1v) is 10.6. The van der Waals surface area contributed by atoms with Crippen molar-refractivity contribution in [2.24, 2.45) is 12.8 Å². The van der Waals surface area contributed by atoms with Gasteiger partial charge in [0, 0.05) is 32.6 Å². The molecule has 0 spiro atoms. The first-order chi connectivity index (χ1) is 16.1. The van der Waals surface area contributed by atoms with Crippen molar-refractivity contribution in [2.75, 3.05) is 30.5 Å². The number of ether oxygens (including phenoxy) is 1. The molecule has 0 radical (unpaired) electrons. The number of hydrogen-bond acceptors (Lipinski definition) is 8. The largest absolute Gasteiger partial charge is 0.480 e. The van der Waals surface area contributed by atoms with Crippen LogP contribution in [0.4, 0.5) is 11.5 Å².